The third-order valence-corrected chi connectivity index (χ3v) is 7.40. The van der Waals surface area contributed by atoms with Gasteiger partial charge < -0.3 is 30.1 Å². The molecule has 2 fully saturated rings. The lowest BCUT2D eigenvalue weighted by Gasteiger charge is -2.24. The highest BCUT2D eigenvalue weighted by molar-refractivity contribution is 6.33. The van der Waals surface area contributed by atoms with Crippen LogP contribution in [0.4, 0.5) is 0 Å². The molecule has 2 saturated heterocycles. The van der Waals surface area contributed by atoms with Gasteiger partial charge in [-0.05, 0) is 99.0 Å². The van der Waals surface area contributed by atoms with Crippen LogP contribution in [0.1, 0.15) is 25.7 Å². The number of H-pyrrole nitrogens is 2. The lowest BCUT2D eigenvalue weighted by molar-refractivity contribution is 0.162. The SMILES string of the molecule is O=c1[nH]ccc2cc(OC3CCNCC3)c(Cl)cc12.O=c1[nH]ccc2cc(OC3CCNCC3)c(Cl)cc12. The second-order valence-electron chi connectivity index (χ2n) is 9.49. The average Bonchev–Trinajstić information content (AvgIpc) is 2.92. The van der Waals surface area contributed by atoms with Crippen LogP contribution in [0.2, 0.25) is 10.0 Å². The Labute approximate surface area is 229 Å². The minimum Gasteiger partial charge on any atom is -0.489 e. The molecule has 4 heterocycles. The summed E-state index contributed by atoms with van der Waals surface area (Å²) in [6.45, 7) is 3.87. The number of nitrogens with one attached hydrogen (secondary N) is 4. The molecule has 8 nitrogen and oxygen atoms in total. The number of ether oxygens (including phenoxy) is 2. The van der Waals surface area contributed by atoms with E-state index in [1.165, 1.54) is 0 Å². The number of hydrogen-bond donors (Lipinski definition) is 4. The molecule has 10 heteroatoms. The standard InChI is InChI=1S/2C14H15ClN2O2/c2*15-12-8-11-9(1-6-17-14(11)18)7-13(12)19-10-2-4-16-5-3-10/h2*1,6-8,10,16H,2-5H2,(H,17,18). The third-order valence-electron chi connectivity index (χ3n) is 6.81. The number of fused-ring (bicyclic) bond motifs is 2. The first kappa shape index (κ1) is 26.6. The Morgan fingerprint density at radius 2 is 1.03 bits per heavy atom. The summed E-state index contributed by atoms with van der Waals surface area (Å²) in [6, 6.07) is 10.7. The van der Waals surface area contributed by atoms with Crippen LogP contribution in [0.3, 0.4) is 0 Å². The van der Waals surface area contributed by atoms with Crippen molar-refractivity contribution in [2.45, 2.75) is 37.9 Å². The second kappa shape index (κ2) is 12.2. The molecule has 4 N–H and O–H groups in total. The van der Waals surface area contributed by atoms with E-state index in [-0.39, 0.29) is 23.3 Å². The lowest BCUT2D eigenvalue weighted by atomic mass is 10.1. The van der Waals surface area contributed by atoms with Crippen LogP contribution >= 0.6 is 23.2 Å². The summed E-state index contributed by atoms with van der Waals surface area (Å²) in [6.07, 6.45) is 7.55. The van der Waals surface area contributed by atoms with Gasteiger partial charge in [0.2, 0.25) is 0 Å². The first-order valence-electron chi connectivity index (χ1n) is 12.8. The Bertz CT molecular complexity index is 1410. The molecule has 2 aromatic heterocycles. The van der Waals surface area contributed by atoms with Crippen molar-refractivity contribution in [2.75, 3.05) is 26.2 Å². The molecule has 0 aliphatic carbocycles. The Morgan fingerprint density at radius 1 is 0.632 bits per heavy atom. The maximum absolute atomic E-state index is 11.7. The van der Waals surface area contributed by atoms with E-state index in [1.54, 1.807) is 24.5 Å². The smallest absolute Gasteiger partial charge is 0.255 e. The Balaban J connectivity index is 0.000000155. The maximum atomic E-state index is 11.7. The molecule has 4 aromatic rings. The van der Waals surface area contributed by atoms with Crippen molar-refractivity contribution < 1.29 is 9.47 Å². The van der Waals surface area contributed by atoms with E-state index in [9.17, 15) is 9.59 Å². The predicted octanol–water partition coefficient (Wildman–Crippen LogP) is 4.62. The van der Waals surface area contributed by atoms with Gasteiger partial charge in [-0.15, -0.1) is 0 Å². The minimum atomic E-state index is -0.132. The Morgan fingerprint density at radius 3 is 1.42 bits per heavy atom. The fourth-order valence-corrected chi connectivity index (χ4v) is 5.16. The van der Waals surface area contributed by atoms with Crippen molar-refractivity contribution >= 4 is 44.7 Å². The van der Waals surface area contributed by atoms with Gasteiger partial charge in [-0.2, -0.15) is 0 Å². The van der Waals surface area contributed by atoms with Gasteiger partial charge in [-0.3, -0.25) is 9.59 Å². The summed E-state index contributed by atoms with van der Waals surface area (Å²) in [5.41, 5.74) is -0.263. The minimum absolute atomic E-state index is 0.132. The third kappa shape index (κ3) is 6.32. The summed E-state index contributed by atoms with van der Waals surface area (Å²) < 4.78 is 11.9. The molecule has 0 radical (unpaired) electrons. The van der Waals surface area contributed by atoms with Gasteiger partial charge >= 0.3 is 0 Å². The number of aromatic nitrogens is 2. The van der Waals surface area contributed by atoms with E-state index < -0.39 is 0 Å². The first-order valence-corrected chi connectivity index (χ1v) is 13.6. The number of pyridine rings is 2. The maximum Gasteiger partial charge on any atom is 0.255 e. The zero-order chi connectivity index (χ0) is 26.5. The highest BCUT2D eigenvalue weighted by atomic mass is 35.5. The molecule has 38 heavy (non-hydrogen) atoms. The summed E-state index contributed by atoms with van der Waals surface area (Å²) in [5, 5.41) is 10.4. The quantitative estimate of drug-likeness (QED) is 0.292. The summed E-state index contributed by atoms with van der Waals surface area (Å²) in [5.74, 6) is 1.32. The van der Waals surface area contributed by atoms with Crippen LogP contribution in [0, 0.1) is 0 Å². The van der Waals surface area contributed by atoms with E-state index in [0.717, 1.165) is 62.6 Å². The number of hydrogen-bond acceptors (Lipinski definition) is 6. The molecule has 200 valence electrons. The summed E-state index contributed by atoms with van der Waals surface area (Å²) >= 11 is 12.4. The molecule has 0 amide bonds. The van der Waals surface area contributed by atoms with Crippen LogP contribution in [-0.4, -0.2) is 48.4 Å². The highest BCUT2D eigenvalue weighted by Crippen LogP contribution is 2.31. The fraction of sp³-hybridized carbons (Fsp3) is 0.357. The number of piperidine rings is 2. The topological polar surface area (TPSA) is 108 Å². The number of benzene rings is 2. The largest absolute Gasteiger partial charge is 0.489 e. The fourth-order valence-electron chi connectivity index (χ4n) is 4.74. The van der Waals surface area contributed by atoms with Crippen LogP contribution in [-0.2, 0) is 0 Å². The first-order chi connectivity index (χ1) is 18.5. The normalized spacial score (nSPS) is 16.7. The van der Waals surface area contributed by atoms with Crippen molar-refractivity contribution in [2.24, 2.45) is 0 Å². The predicted molar refractivity (Wildman–Crippen MR) is 152 cm³/mol. The van der Waals surface area contributed by atoms with Gasteiger partial charge in [0.05, 0.1) is 10.0 Å². The average molecular weight is 557 g/mol. The van der Waals surface area contributed by atoms with Crippen molar-refractivity contribution in [3.63, 3.8) is 0 Å². The van der Waals surface area contributed by atoms with E-state index in [2.05, 4.69) is 20.6 Å². The molecule has 0 atom stereocenters. The van der Waals surface area contributed by atoms with E-state index in [1.807, 2.05) is 24.3 Å². The molecule has 0 spiro atoms. The van der Waals surface area contributed by atoms with Gasteiger partial charge in [-0.25, -0.2) is 0 Å². The Hall–Kier alpha value is -3.04. The molecular formula is C28H30Cl2N4O4. The molecule has 0 saturated carbocycles. The van der Waals surface area contributed by atoms with E-state index in [0.29, 0.717) is 32.3 Å². The van der Waals surface area contributed by atoms with E-state index >= 15 is 0 Å². The molecular weight excluding hydrogens is 527 g/mol. The number of rotatable bonds is 4. The van der Waals surface area contributed by atoms with Crippen LogP contribution in [0.15, 0.2) is 58.4 Å². The summed E-state index contributed by atoms with van der Waals surface area (Å²) in [7, 11) is 0. The van der Waals surface area contributed by atoms with Gasteiger partial charge in [0.15, 0.2) is 0 Å². The highest BCUT2D eigenvalue weighted by Gasteiger charge is 2.18. The van der Waals surface area contributed by atoms with Gasteiger partial charge in [0.1, 0.15) is 23.7 Å². The van der Waals surface area contributed by atoms with Gasteiger partial charge in [0.25, 0.3) is 11.1 Å². The monoisotopic (exact) mass is 556 g/mol. The molecule has 2 aliphatic rings. The van der Waals surface area contributed by atoms with Crippen LogP contribution in [0.25, 0.3) is 21.5 Å². The molecule has 2 aromatic carbocycles. The van der Waals surface area contributed by atoms with Gasteiger partial charge in [0, 0.05) is 23.2 Å². The van der Waals surface area contributed by atoms with E-state index in [4.69, 9.17) is 32.7 Å². The van der Waals surface area contributed by atoms with Crippen molar-refractivity contribution in [3.8, 4) is 11.5 Å². The second-order valence-corrected chi connectivity index (χ2v) is 10.3. The van der Waals surface area contributed by atoms with Crippen molar-refractivity contribution in [1.82, 2.24) is 20.6 Å². The van der Waals surface area contributed by atoms with Crippen LogP contribution < -0.4 is 31.2 Å². The van der Waals surface area contributed by atoms with Gasteiger partial charge in [-0.1, -0.05) is 23.2 Å². The molecule has 2 aliphatic heterocycles. The number of halogens is 2. The van der Waals surface area contributed by atoms with Crippen molar-refractivity contribution in [1.29, 1.82) is 0 Å². The zero-order valence-electron chi connectivity index (χ0n) is 20.8. The molecule has 0 unspecified atom stereocenters. The van der Waals surface area contributed by atoms with Crippen molar-refractivity contribution in [3.05, 3.63) is 79.5 Å². The molecule has 6 rings (SSSR count). The number of aromatic amines is 2. The zero-order valence-corrected chi connectivity index (χ0v) is 22.3. The Kier molecular flexibility index (Phi) is 8.54. The lowest BCUT2D eigenvalue weighted by Crippen LogP contribution is -2.34. The van der Waals surface area contributed by atoms with Crippen LogP contribution in [0.5, 0.6) is 11.5 Å². The summed E-state index contributed by atoms with van der Waals surface area (Å²) in [4.78, 5) is 28.6. The molecule has 0 bridgehead atoms.